The van der Waals surface area contributed by atoms with Gasteiger partial charge >= 0.3 is 0 Å². The molecule has 1 nitrogen and oxygen atoms in total. The molecule has 2 rings (SSSR count). The van der Waals surface area contributed by atoms with Gasteiger partial charge in [-0.15, -0.1) is 0 Å². The number of benzene rings is 2. The maximum absolute atomic E-state index is 12.8. The summed E-state index contributed by atoms with van der Waals surface area (Å²) >= 11 is 3.45. The Morgan fingerprint density at radius 3 is 2.29 bits per heavy atom. The van der Waals surface area contributed by atoms with E-state index in [9.17, 15) is 4.39 Å². The monoisotopic (exact) mass is 349 g/mol. The second-order valence-corrected chi connectivity index (χ2v) is 6.33. The second kappa shape index (κ2) is 8.30. The molecule has 0 aliphatic heterocycles. The molecule has 0 heterocycles. The van der Waals surface area contributed by atoms with E-state index in [2.05, 4.69) is 52.4 Å². The lowest BCUT2D eigenvalue weighted by atomic mass is 10.1. The van der Waals surface area contributed by atoms with Crippen LogP contribution in [0.1, 0.15) is 24.5 Å². The van der Waals surface area contributed by atoms with Crippen LogP contribution < -0.4 is 5.32 Å². The van der Waals surface area contributed by atoms with Gasteiger partial charge in [-0.2, -0.15) is 0 Å². The highest BCUT2D eigenvalue weighted by molar-refractivity contribution is 9.10. The number of hydrogen-bond donors (Lipinski definition) is 1. The Kier molecular flexibility index (Phi) is 6.40. The van der Waals surface area contributed by atoms with Gasteiger partial charge in [0.1, 0.15) is 5.82 Å². The fourth-order valence-corrected chi connectivity index (χ4v) is 2.60. The molecule has 2 aromatic carbocycles. The lowest BCUT2D eigenvalue weighted by Gasteiger charge is -2.14. The molecule has 1 atom stereocenters. The van der Waals surface area contributed by atoms with Gasteiger partial charge < -0.3 is 5.32 Å². The predicted octanol–water partition coefficient (Wildman–Crippen LogP) is 4.74. The van der Waals surface area contributed by atoms with Crippen molar-refractivity contribution in [1.82, 2.24) is 5.32 Å². The molecule has 0 bridgehead atoms. The zero-order valence-corrected chi connectivity index (χ0v) is 13.9. The summed E-state index contributed by atoms with van der Waals surface area (Å²) in [6, 6.07) is 15.6. The van der Waals surface area contributed by atoms with Crippen LogP contribution in [0.3, 0.4) is 0 Å². The number of aryl methyl sites for hydroxylation is 1. The van der Waals surface area contributed by atoms with Crippen molar-refractivity contribution in [3.63, 3.8) is 0 Å². The molecule has 0 radical (unpaired) electrons. The molecule has 2 aromatic rings. The van der Waals surface area contributed by atoms with Crippen molar-refractivity contribution in [3.05, 3.63) is 69.9 Å². The molecule has 0 amide bonds. The van der Waals surface area contributed by atoms with Crippen LogP contribution in [0, 0.1) is 5.82 Å². The Morgan fingerprint density at radius 2 is 1.62 bits per heavy atom. The average Bonchev–Trinajstić information content (AvgIpc) is 2.48. The summed E-state index contributed by atoms with van der Waals surface area (Å²) in [5, 5.41) is 3.52. The van der Waals surface area contributed by atoms with Crippen molar-refractivity contribution in [2.45, 2.75) is 32.2 Å². The molecule has 0 aliphatic rings. The number of halogens is 2. The molecule has 0 aromatic heterocycles. The zero-order valence-electron chi connectivity index (χ0n) is 12.3. The quantitative estimate of drug-likeness (QED) is 0.711. The van der Waals surface area contributed by atoms with E-state index in [0.717, 1.165) is 30.3 Å². The molecule has 3 heteroatoms. The summed E-state index contributed by atoms with van der Waals surface area (Å²) in [6.45, 7) is 3.17. The lowest BCUT2D eigenvalue weighted by Crippen LogP contribution is -2.29. The van der Waals surface area contributed by atoms with E-state index < -0.39 is 0 Å². The van der Waals surface area contributed by atoms with Crippen molar-refractivity contribution in [3.8, 4) is 0 Å². The smallest absolute Gasteiger partial charge is 0.123 e. The maximum atomic E-state index is 12.8. The van der Waals surface area contributed by atoms with Crippen molar-refractivity contribution in [2.24, 2.45) is 0 Å². The second-order valence-electron chi connectivity index (χ2n) is 5.42. The summed E-state index contributed by atoms with van der Waals surface area (Å²) in [5.74, 6) is -0.172. The van der Waals surface area contributed by atoms with E-state index >= 15 is 0 Å². The van der Waals surface area contributed by atoms with Crippen LogP contribution >= 0.6 is 15.9 Å². The fourth-order valence-electron chi connectivity index (χ4n) is 2.34. The first-order valence-corrected chi connectivity index (χ1v) is 8.15. The zero-order chi connectivity index (χ0) is 15.1. The molecule has 21 heavy (non-hydrogen) atoms. The third-order valence-electron chi connectivity index (χ3n) is 3.50. The van der Waals surface area contributed by atoms with Crippen molar-refractivity contribution < 1.29 is 4.39 Å². The van der Waals surface area contributed by atoms with Gasteiger partial charge in [0.25, 0.3) is 0 Å². The molecule has 0 saturated carbocycles. The first kappa shape index (κ1) is 16.2. The van der Waals surface area contributed by atoms with Gasteiger partial charge in [0.15, 0.2) is 0 Å². The van der Waals surface area contributed by atoms with Gasteiger partial charge in [-0.25, -0.2) is 4.39 Å². The average molecular weight is 350 g/mol. The molecular formula is C18H21BrFN. The standard InChI is InChI=1S/C18H21BrFN/c1-14(13-16-6-10-18(20)11-7-16)21-12-2-3-15-4-8-17(19)9-5-15/h4-11,14,21H,2-3,12-13H2,1H3. The van der Waals surface area contributed by atoms with Crippen LogP contribution in [0.4, 0.5) is 4.39 Å². The van der Waals surface area contributed by atoms with Crippen molar-refractivity contribution in [1.29, 1.82) is 0 Å². The van der Waals surface area contributed by atoms with E-state index in [1.54, 1.807) is 0 Å². The Hall–Kier alpha value is -1.19. The van der Waals surface area contributed by atoms with Crippen molar-refractivity contribution in [2.75, 3.05) is 6.54 Å². The number of hydrogen-bond acceptors (Lipinski definition) is 1. The summed E-state index contributed by atoms with van der Waals surface area (Å²) in [7, 11) is 0. The van der Waals surface area contributed by atoms with Gasteiger partial charge in [0.05, 0.1) is 0 Å². The predicted molar refractivity (Wildman–Crippen MR) is 90.0 cm³/mol. The lowest BCUT2D eigenvalue weighted by molar-refractivity contribution is 0.533. The minimum atomic E-state index is -0.172. The minimum absolute atomic E-state index is 0.172. The van der Waals surface area contributed by atoms with Crippen LogP contribution in [0.25, 0.3) is 0 Å². The van der Waals surface area contributed by atoms with Crippen LogP contribution in [0.5, 0.6) is 0 Å². The van der Waals surface area contributed by atoms with E-state index in [4.69, 9.17) is 0 Å². The third-order valence-corrected chi connectivity index (χ3v) is 4.03. The SMILES string of the molecule is CC(Cc1ccc(F)cc1)NCCCc1ccc(Br)cc1. The highest BCUT2D eigenvalue weighted by Crippen LogP contribution is 2.11. The molecule has 0 saturated heterocycles. The Bertz CT molecular complexity index is 536. The first-order valence-electron chi connectivity index (χ1n) is 7.36. The summed E-state index contributed by atoms with van der Waals surface area (Å²) in [5.41, 5.74) is 2.54. The van der Waals surface area contributed by atoms with Gasteiger partial charge in [-0.3, -0.25) is 0 Å². The van der Waals surface area contributed by atoms with E-state index in [1.165, 1.54) is 23.3 Å². The summed E-state index contributed by atoms with van der Waals surface area (Å²) in [4.78, 5) is 0. The van der Waals surface area contributed by atoms with Gasteiger partial charge in [-0.05, 0) is 68.1 Å². The van der Waals surface area contributed by atoms with Gasteiger partial charge in [-0.1, -0.05) is 40.2 Å². The molecule has 0 aliphatic carbocycles. The van der Waals surface area contributed by atoms with Crippen molar-refractivity contribution >= 4 is 15.9 Å². The molecule has 0 fully saturated rings. The Balaban J connectivity index is 1.66. The largest absolute Gasteiger partial charge is 0.314 e. The molecule has 112 valence electrons. The van der Waals surface area contributed by atoms with E-state index in [1.807, 2.05) is 12.1 Å². The highest BCUT2D eigenvalue weighted by atomic mass is 79.9. The highest BCUT2D eigenvalue weighted by Gasteiger charge is 2.03. The topological polar surface area (TPSA) is 12.0 Å². The van der Waals surface area contributed by atoms with Crippen LogP contribution in [-0.4, -0.2) is 12.6 Å². The van der Waals surface area contributed by atoms with Gasteiger partial charge in [0.2, 0.25) is 0 Å². The number of nitrogens with one attached hydrogen (secondary N) is 1. The molecule has 0 spiro atoms. The summed E-state index contributed by atoms with van der Waals surface area (Å²) < 4.78 is 14.0. The van der Waals surface area contributed by atoms with E-state index in [-0.39, 0.29) is 5.82 Å². The van der Waals surface area contributed by atoms with Crippen LogP contribution in [-0.2, 0) is 12.8 Å². The van der Waals surface area contributed by atoms with Crippen LogP contribution in [0.2, 0.25) is 0 Å². The molecule has 1 N–H and O–H groups in total. The maximum Gasteiger partial charge on any atom is 0.123 e. The summed E-state index contributed by atoms with van der Waals surface area (Å²) in [6.07, 6.45) is 3.14. The van der Waals surface area contributed by atoms with E-state index in [0.29, 0.717) is 6.04 Å². The first-order chi connectivity index (χ1) is 10.1. The normalized spacial score (nSPS) is 12.3. The minimum Gasteiger partial charge on any atom is -0.314 e. The fraction of sp³-hybridized carbons (Fsp3) is 0.333. The molecular weight excluding hydrogens is 329 g/mol. The molecule has 1 unspecified atom stereocenters. The van der Waals surface area contributed by atoms with Crippen LogP contribution in [0.15, 0.2) is 53.0 Å². The third kappa shape index (κ3) is 5.98. The van der Waals surface area contributed by atoms with Gasteiger partial charge in [0, 0.05) is 10.5 Å². The Morgan fingerprint density at radius 1 is 1.00 bits per heavy atom. The Labute approximate surface area is 134 Å². The number of rotatable bonds is 7.